The second-order valence-electron chi connectivity index (χ2n) is 14.1. The van der Waals surface area contributed by atoms with Crippen LogP contribution < -0.4 is 0 Å². The lowest BCUT2D eigenvalue weighted by molar-refractivity contribution is 0.615. The highest BCUT2D eigenvalue weighted by atomic mass is 32.2. The van der Waals surface area contributed by atoms with Gasteiger partial charge in [0.1, 0.15) is 0 Å². The Labute approximate surface area is 299 Å². The summed E-state index contributed by atoms with van der Waals surface area (Å²) in [4.78, 5) is 13.8. The summed E-state index contributed by atoms with van der Waals surface area (Å²) in [5.74, 6) is 0.683. The summed E-state index contributed by atoms with van der Waals surface area (Å²) in [5.41, 5.74) is 7.75. The normalized spacial score (nSPS) is 13.8. The lowest BCUT2D eigenvalue weighted by atomic mass is 9.75. The van der Waals surface area contributed by atoms with Crippen molar-refractivity contribution in [2.75, 3.05) is 0 Å². The SMILES string of the molecule is CC1(C)c2ccccc2Sc2c1c1ccccc1c1c3ccccc3n(-c3nc(-c4ccccc4)c4c5ccccc5c5ccccc5c4n3)c21. The predicted molar refractivity (Wildman–Crippen MR) is 215 cm³/mol. The van der Waals surface area contributed by atoms with Gasteiger partial charge in [-0.2, -0.15) is 0 Å². The van der Waals surface area contributed by atoms with Crippen molar-refractivity contribution in [2.24, 2.45) is 0 Å². The molecule has 0 aliphatic carbocycles. The molecule has 1 aliphatic rings. The maximum Gasteiger partial charge on any atom is 0.235 e. The zero-order valence-electron chi connectivity index (χ0n) is 28.2. The van der Waals surface area contributed by atoms with Crippen molar-refractivity contribution in [1.29, 1.82) is 0 Å². The maximum atomic E-state index is 5.63. The molecule has 3 nitrogen and oxygen atoms in total. The zero-order chi connectivity index (χ0) is 33.8. The van der Waals surface area contributed by atoms with Gasteiger partial charge in [0.15, 0.2) is 0 Å². The highest BCUT2D eigenvalue weighted by Crippen LogP contribution is 2.56. The number of nitrogens with zero attached hydrogens (tertiary/aromatic N) is 3. The van der Waals surface area contributed by atoms with E-state index in [1.54, 1.807) is 0 Å². The number of fused-ring (bicyclic) bond motifs is 15. The van der Waals surface area contributed by atoms with E-state index in [-0.39, 0.29) is 5.41 Å². The topological polar surface area (TPSA) is 30.7 Å². The van der Waals surface area contributed by atoms with Gasteiger partial charge >= 0.3 is 0 Å². The lowest BCUT2D eigenvalue weighted by Gasteiger charge is -2.36. The van der Waals surface area contributed by atoms with Gasteiger partial charge in [-0.15, -0.1) is 0 Å². The second kappa shape index (κ2) is 10.5. The molecule has 0 N–H and O–H groups in total. The standard InChI is InChI=1S/C47H31N3S/c1-47(2)36-25-13-15-27-38(36)51-45-41(47)33-22-10-9-21-32(33)39-35-24-12-14-26-37(35)50(44(39)45)46-48-42(28-16-4-3-5-17-28)40-31-20-8-6-18-29(31)30-19-7-11-23-34(30)43(40)49-46/h3-27H,1-2H3. The highest BCUT2D eigenvalue weighted by Gasteiger charge is 2.37. The van der Waals surface area contributed by atoms with Crippen molar-refractivity contribution >= 4 is 76.8 Å². The van der Waals surface area contributed by atoms with Crippen LogP contribution in [0, 0.1) is 0 Å². The summed E-state index contributed by atoms with van der Waals surface area (Å²) < 4.78 is 2.36. The van der Waals surface area contributed by atoms with Crippen LogP contribution in [0.25, 0.3) is 82.2 Å². The van der Waals surface area contributed by atoms with E-state index in [0.717, 1.165) is 38.4 Å². The summed E-state index contributed by atoms with van der Waals surface area (Å²) in [7, 11) is 0. The molecule has 0 unspecified atom stereocenters. The molecule has 0 spiro atoms. The molecule has 0 bridgehead atoms. The maximum absolute atomic E-state index is 5.63. The van der Waals surface area contributed by atoms with E-state index in [0.29, 0.717) is 5.95 Å². The first kappa shape index (κ1) is 28.8. The Hall–Kier alpha value is -5.97. The monoisotopic (exact) mass is 669 g/mol. The van der Waals surface area contributed by atoms with E-state index in [9.17, 15) is 0 Å². The van der Waals surface area contributed by atoms with E-state index < -0.39 is 0 Å². The van der Waals surface area contributed by atoms with E-state index >= 15 is 0 Å². The van der Waals surface area contributed by atoms with Crippen molar-refractivity contribution in [3.05, 3.63) is 163 Å². The van der Waals surface area contributed by atoms with E-state index in [1.165, 1.54) is 58.8 Å². The number of rotatable bonds is 2. The molecule has 2 aromatic heterocycles. The molecule has 4 heteroatoms. The number of hydrogen-bond donors (Lipinski definition) is 0. The van der Waals surface area contributed by atoms with Gasteiger partial charge in [-0.05, 0) is 50.2 Å². The van der Waals surface area contributed by atoms with Crippen LogP contribution in [0.15, 0.2) is 161 Å². The van der Waals surface area contributed by atoms with Gasteiger partial charge in [0, 0.05) is 42.3 Å². The minimum Gasteiger partial charge on any atom is -0.277 e. The minimum absolute atomic E-state index is 0.221. The Morgan fingerprint density at radius 1 is 0.510 bits per heavy atom. The summed E-state index contributed by atoms with van der Waals surface area (Å²) in [5, 5.41) is 10.8. The second-order valence-corrected chi connectivity index (χ2v) is 15.2. The van der Waals surface area contributed by atoms with Crippen LogP contribution in [-0.4, -0.2) is 14.5 Å². The fraction of sp³-hybridized carbons (Fsp3) is 0.0638. The third-order valence-electron chi connectivity index (χ3n) is 11.0. The van der Waals surface area contributed by atoms with E-state index in [4.69, 9.17) is 9.97 Å². The molecule has 240 valence electrons. The van der Waals surface area contributed by atoms with Gasteiger partial charge in [-0.3, -0.25) is 4.57 Å². The third-order valence-corrected chi connectivity index (χ3v) is 12.2. The average Bonchev–Trinajstić information content (AvgIpc) is 3.54. The molecule has 0 radical (unpaired) electrons. The van der Waals surface area contributed by atoms with Crippen LogP contribution in [-0.2, 0) is 5.41 Å². The van der Waals surface area contributed by atoms with Crippen molar-refractivity contribution < 1.29 is 0 Å². The number of benzene rings is 8. The average molecular weight is 670 g/mol. The lowest BCUT2D eigenvalue weighted by Crippen LogP contribution is -2.24. The summed E-state index contributed by atoms with van der Waals surface area (Å²) in [6.45, 7) is 4.76. The van der Waals surface area contributed by atoms with E-state index in [1.807, 2.05) is 11.8 Å². The number of aromatic nitrogens is 3. The van der Waals surface area contributed by atoms with Crippen LogP contribution in [0.3, 0.4) is 0 Å². The highest BCUT2D eigenvalue weighted by molar-refractivity contribution is 7.99. The molecule has 0 saturated carbocycles. The van der Waals surface area contributed by atoms with Crippen molar-refractivity contribution in [3.63, 3.8) is 0 Å². The summed E-state index contributed by atoms with van der Waals surface area (Å²) in [6.07, 6.45) is 0. The van der Waals surface area contributed by atoms with Gasteiger partial charge < -0.3 is 0 Å². The first-order chi connectivity index (χ1) is 25.1. The van der Waals surface area contributed by atoms with Gasteiger partial charge in [-0.25, -0.2) is 9.97 Å². The predicted octanol–water partition coefficient (Wildman–Crippen LogP) is 12.6. The number of para-hydroxylation sites is 1. The van der Waals surface area contributed by atoms with Crippen LogP contribution >= 0.6 is 11.8 Å². The first-order valence-electron chi connectivity index (χ1n) is 17.5. The van der Waals surface area contributed by atoms with Crippen molar-refractivity contribution in [3.8, 4) is 17.2 Å². The Balaban J connectivity index is 1.38. The fourth-order valence-electron chi connectivity index (χ4n) is 8.80. The molecule has 51 heavy (non-hydrogen) atoms. The van der Waals surface area contributed by atoms with Crippen LogP contribution in [0.5, 0.6) is 0 Å². The Bertz CT molecular complexity index is 3080. The summed E-state index contributed by atoms with van der Waals surface area (Å²) >= 11 is 1.89. The third kappa shape index (κ3) is 3.91. The molecule has 1 aliphatic heterocycles. The Morgan fingerprint density at radius 2 is 1.08 bits per heavy atom. The van der Waals surface area contributed by atoms with Gasteiger partial charge in [0.25, 0.3) is 0 Å². The molecular formula is C47H31N3S. The fourth-order valence-corrected chi connectivity index (χ4v) is 10.4. The van der Waals surface area contributed by atoms with Crippen molar-refractivity contribution in [2.45, 2.75) is 29.1 Å². The van der Waals surface area contributed by atoms with Gasteiger partial charge in [0.05, 0.1) is 22.2 Å². The quantitative estimate of drug-likeness (QED) is 0.172. The molecular weight excluding hydrogens is 639 g/mol. The van der Waals surface area contributed by atoms with Crippen LogP contribution in [0.4, 0.5) is 0 Å². The largest absolute Gasteiger partial charge is 0.277 e. The van der Waals surface area contributed by atoms with Crippen LogP contribution in [0.2, 0.25) is 0 Å². The molecule has 0 fully saturated rings. The summed E-state index contributed by atoms with van der Waals surface area (Å²) in [6, 6.07) is 54.7. The Morgan fingerprint density at radius 3 is 1.84 bits per heavy atom. The molecule has 0 amide bonds. The molecule has 0 atom stereocenters. The van der Waals surface area contributed by atoms with Crippen LogP contribution in [0.1, 0.15) is 25.0 Å². The zero-order valence-corrected chi connectivity index (χ0v) is 29.0. The molecule has 8 aromatic carbocycles. The van der Waals surface area contributed by atoms with Crippen molar-refractivity contribution in [1.82, 2.24) is 14.5 Å². The minimum atomic E-state index is -0.221. The van der Waals surface area contributed by atoms with Gasteiger partial charge in [0.2, 0.25) is 5.95 Å². The Kier molecular flexibility index (Phi) is 5.95. The van der Waals surface area contributed by atoms with E-state index in [2.05, 4.69) is 170 Å². The van der Waals surface area contributed by atoms with Gasteiger partial charge in [-0.1, -0.05) is 165 Å². The molecule has 10 aromatic rings. The molecule has 0 saturated heterocycles. The molecule has 11 rings (SSSR count). The smallest absolute Gasteiger partial charge is 0.235 e. The first-order valence-corrected chi connectivity index (χ1v) is 18.3. The molecule has 3 heterocycles. The number of hydrogen-bond acceptors (Lipinski definition) is 3.